The fraction of sp³-hybridized carbons (Fsp3) is 0.600. The molecular weight excluding hydrogens is 455 g/mol. The Morgan fingerprint density at radius 3 is 2.42 bits per heavy atom. The van der Waals surface area contributed by atoms with Crippen LogP contribution in [0.25, 0.3) is 0 Å². The first-order valence-corrected chi connectivity index (χ1v) is 12.0. The number of hydrogen-bond donors (Lipinski definition) is 1. The van der Waals surface area contributed by atoms with Crippen molar-refractivity contribution in [2.75, 3.05) is 31.1 Å². The topological polar surface area (TPSA) is 52.2 Å². The number of nitrogens with one attached hydrogen (secondary N) is 1. The second kappa shape index (κ2) is 9.62. The molecule has 2 heterocycles. The van der Waals surface area contributed by atoms with Gasteiger partial charge in [0.05, 0.1) is 5.69 Å². The van der Waals surface area contributed by atoms with E-state index in [1.54, 1.807) is 12.1 Å². The Balaban J connectivity index is 0.00000130. The lowest BCUT2D eigenvalue weighted by Gasteiger charge is -2.39. The van der Waals surface area contributed by atoms with Gasteiger partial charge in [-0.1, -0.05) is 0 Å². The lowest BCUT2D eigenvalue weighted by Crippen LogP contribution is -2.49. The molecule has 1 aliphatic heterocycles. The maximum absolute atomic E-state index is 13.2. The summed E-state index contributed by atoms with van der Waals surface area (Å²) in [6, 6.07) is 7.40. The summed E-state index contributed by atoms with van der Waals surface area (Å²) in [5.41, 5.74) is 3.72. The molecule has 1 N–H and O–H groups in total. The molecule has 8 heteroatoms. The van der Waals surface area contributed by atoms with Crippen LogP contribution in [0.5, 0.6) is 0 Å². The zero-order valence-electron chi connectivity index (χ0n) is 19.1. The van der Waals surface area contributed by atoms with E-state index in [4.69, 9.17) is 4.98 Å². The Bertz CT molecular complexity index is 1030. The number of rotatable bonds is 3. The Morgan fingerprint density at radius 2 is 1.73 bits per heavy atom. The number of H-pyrrole nitrogens is 1. The van der Waals surface area contributed by atoms with Crippen molar-refractivity contribution in [2.45, 2.75) is 63.3 Å². The summed E-state index contributed by atoms with van der Waals surface area (Å²) in [5, 5.41) is 0. The Morgan fingerprint density at radius 1 is 1.00 bits per heavy atom. The first kappa shape index (κ1) is 24.6. The molecule has 4 aliphatic rings. The van der Waals surface area contributed by atoms with Gasteiger partial charge >= 0.3 is 0 Å². The summed E-state index contributed by atoms with van der Waals surface area (Å²) in [4.78, 5) is 25.9. The average Bonchev–Trinajstić information content (AvgIpc) is 3.35. The van der Waals surface area contributed by atoms with Gasteiger partial charge in [-0.05, 0) is 81.0 Å². The summed E-state index contributed by atoms with van der Waals surface area (Å²) in [6.07, 6.45) is 9.06. The van der Waals surface area contributed by atoms with E-state index < -0.39 is 0 Å². The molecule has 3 fully saturated rings. The van der Waals surface area contributed by atoms with E-state index in [0.717, 1.165) is 74.6 Å². The van der Waals surface area contributed by atoms with Gasteiger partial charge in [0, 0.05) is 49.4 Å². The maximum atomic E-state index is 13.2. The number of aromatic amines is 1. The van der Waals surface area contributed by atoms with E-state index in [9.17, 15) is 9.18 Å². The fourth-order valence-electron chi connectivity index (χ4n) is 6.13. The molecule has 2 aromatic rings. The molecule has 1 aromatic carbocycles. The van der Waals surface area contributed by atoms with Gasteiger partial charge in [0.2, 0.25) is 0 Å². The summed E-state index contributed by atoms with van der Waals surface area (Å²) in [7, 11) is 0. The molecule has 0 amide bonds. The minimum atomic E-state index is -0.180. The minimum Gasteiger partial charge on any atom is -0.369 e. The van der Waals surface area contributed by atoms with Gasteiger partial charge in [-0.25, -0.2) is 9.37 Å². The molecule has 1 spiro atoms. The van der Waals surface area contributed by atoms with Crippen LogP contribution in [0, 0.1) is 11.2 Å². The van der Waals surface area contributed by atoms with E-state index in [1.807, 2.05) is 12.1 Å². The van der Waals surface area contributed by atoms with Crippen molar-refractivity contribution in [3.63, 3.8) is 0 Å². The molecular formula is C25H35FN4OS2. The number of piperazine rings is 1. The molecule has 1 unspecified atom stereocenters. The molecule has 3 aliphatic carbocycles. The van der Waals surface area contributed by atoms with E-state index >= 15 is 0 Å². The summed E-state index contributed by atoms with van der Waals surface area (Å²) in [6.45, 7) is 4.01. The predicted octanol–water partition coefficient (Wildman–Crippen LogP) is 3.86. The van der Waals surface area contributed by atoms with Crippen molar-refractivity contribution in [2.24, 2.45) is 5.41 Å². The summed E-state index contributed by atoms with van der Waals surface area (Å²) < 4.78 is 13.2. The van der Waals surface area contributed by atoms with Gasteiger partial charge < -0.3 is 9.88 Å². The molecule has 0 bridgehead atoms. The SMILES string of the molecule is O=c1[nH]c(C2CC[C@H](N3CCN(c4ccc(F)cc4)CC3)C2)nc2c1CC1(CC2)CC1.S.S. The van der Waals surface area contributed by atoms with E-state index in [-0.39, 0.29) is 38.4 Å². The van der Waals surface area contributed by atoms with Crippen LogP contribution in [0.4, 0.5) is 10.1 Å². The molecule has 1 saturated heterocycles. The first-order chi connectivity index (χ1) is 15.1. The van der Waals surface area contributed by atoms with Crippen LogP contribution in [0.15, 0.2) is 29.1 Å². The number of fused-ring (bicyclic) bond motifs is 1. The fourth-order valence-corrected chi connectivity index (χ4v) is 6.13. The van der Waals surface area contributed by atoms with Gasteiger partial charge in [0.25, 0.3) is 5.56 Å². The second-order valence-electron chi connectivity index (χ2n) is 10.2. The van der Waals surface area contributed by atoms with Gasteiger partial charge in [0.15, 0.2) is 0 Å². The third kappa shape index (κ3) is 4.84. The van der Waals surface area contributed by atoms with Crippen molar-refractivity contribution < 1.29 is 4.39 Å². The van der Waals surface area contributed by atoms with Gasteiger partial charge in [-0.2, -0.15) is 27.0 Å². The van der Waals surface area contributed by atoms with Crippen molar-refractivity contribution in [3.8, 4) is 0 Å². The van der Waals surface area contributed by atoms with Crippen LogP contribution in [0.1, 0.15) is 61.5 Å². The van der Waals surface area contributed by atoms with Crippen molar-refractivity contribution >= 4 is 32.7 Å². The number of hydrogen-bond acceptors (Lipinski definition) is 4. The summed E-state index contributed by atoms with van der Waals surface area (Å²) in [5.74, 6) is 1.12. The number of benzene rings is 1. The Labute approximate surface area is 209 Å². The van der Waals surface area contributed by atoms with Crippen molar-refractivity contribution in [1.29, 1.82) is 0 Å². The highest BCUT2D eigenvalue weighted by atomic mass is 32.1. The highest BCUT2D eigenvalue weighted by Crippen LogP contribution is 2.54. The van der Waals surface area contributed by atoms with Gasteiger partial charge in [-0.3, -0.25) is 9.69 Å². The summed E-state index contributed by atoms with van der Waals surface area (Å²) >= 11 is 0. The lowest BCUT2D eigenvalue weighted by atomic mass is 9.84. The molecule has 6 rings (SSSR count). The smallest absolute Gasteiger partial charge is 0.254 e. The monoisotopic (exact) mass is 490 g/mol. The van der Waals surface area contributed by atoms with Crippen LogP contribution >= 0.6 is 27.0 Å². The average molecular weight is 491 g/mol. The third-order valence-corrected chi connectivity index (χ3v) is 8.33. The first-order valence-electron chi connectivity index (χ1n) is 12.0. The standard InChI is InChI=1S/C25H31FN4O.2H2S/c26-18-2-5-19(6-3-18)29-11-13-30(14-12-29)20-4-1-17(15-20)23-27-22-7-8-25(9-10-25)16-21(22)24(31)28-23;;/h2-3,5-6,17,20H,1,4,7-16H2,(H,27,28,31);2*1H2/t17?,20-;;/m0../s1. The zero-order chi connectivity index (χ0) is 21.0. The van der Waals surface area contributed by atoms with Gasteiger partial charge in [0.1, 0.15) is 11.6 Å². The maximum Gasteiger partial charge on any atom is 0.254 e. The number of halogens is 1. The quantitative estimate of drug-likeness (QED) is 0.710. The van der Waals surface area contributed by atoms with Gasteiger partial charge in [-0.15, -0.1) is 0 Å². The Kier molecular flexibility index (Phi) is 7.18. The van der Waals surface area contributed by atoms with Crippen LogP contribution in [0.3, 0.4) is 0 Å². The molecule has 33 heavy (non-hydrogen) atoms. The Hall–Kier alpha value is -1.51. The van der Waals surface area contributed by atoms with E-state index in [2.05, 4.69) is 14.8 Å². The van der Waals surface area contributed by atoms with Crippen LogP contribution in [0.2, 0.25) is 0 Å². The highest BCUT2D eigenvalue weighted by molar-refractivity contribution is 7.59. The number of anilines is 1. The van der Waals surface area contributed by atoms with Crippen molar-refractivity contribution in [1.82, 2.24) is 14.9 Å². The molecule has 2 atom stereocenters. The normalized spacial score (nSPS) is 25.8. The van der Waals surface area contributed by atoms with E-state index in [0.29, 0.717) is 17.4 Å². The number of nitrogens with zero attached hydrogens (tertiary/aromatic N) is 3. The number of aryl methyl sites for hydroxylation is 1. The molecule has 5 nitrogen and oxygen atoms in total. The second-order valence-corrected chi connectivity index (χ2v) is 10.2. The van der Waals surface area contributed by atoms with Crippen LogP contribution in [-0.2, 0) is 12.8 Å². The molecule has 180 valence electrons. The molecule has 1 aromatic heterocycles. The highest BCUT2D eigenvalue weighted by Gasteiger charge is 2.46. The largest absolute Gasteiger partial charge is 0.369 e. The molecule has 2 saturated carbocycles. The minimum absolute atomic E-state index is 0. The third-order valence-electron chi connectivity index (χ3n) is 8.33. The number of aromatic nitrogens is 2. The van der Waals surface area contributed by atoms with E-state index in [1.165, 1.54) is 25.7 Å². The van der Waals surface area contributed by atoms with Crippen LogP contribution in [-0.4, -0.2) is 47.1 Å². The predicted molar refractivity (Wildman–Crippen MR) is 140 cm³/mol. The van der Waals surface area contributed by atoms with Crippen molar-refractivity contribution in [3.05, 3.63) is 57.5 Å². The molecule has 0 radical (unpaired) electrons. The lowest BCUT2D eigenvalue weighted by molar-refractivity contribution is 0.186. The van der Waals surface area contributed by atoms with Crippen LogP contribution < -0.4 is 10.5 Å². The zero-order valence-corrected chi connectivity index (χ0v) is 21.1.